The second kappa shape index (κ2) is 5.98. The summed E-state index contributed by atoms with van der Waals surface area (Å²) in [6, 6.07) is 12.6. The first kappa shape index (κ1) is 14.3. The summed E-state index contributed by atoms with van der Waals surface area (Å²) in [6.07, 6.45) is 1.94. The molecule has 2 aromatic rings. The highest BCUT2D eigenvalue weighted by Gasteiger charge is 2.20. The lowest BCUT2D eigenvalue weighted by Gasteiger charge is -2.21. The van der Waals surface area contributed by atoms with Crippen LogP contribution in [0.3, 0.4) is 0 Å². The van der Waals surface area contributed by atoms with E-state index in [4.69, 9.17) is 0 Å². The molecule has 1 aliphatic heterocycles. The van der Waals surface area contributed by atoms with Crippen LogP contribution in [-0.2, 0) is 13.0 Å². The monoisotopic (exact) mass is 347 g/mol. The van der Waals surface area contributed by atoms with E-state index in [-0.39, 0.29) is 11.7 Å². The minimum atomic E-state index is -0.354. The highest BCUT2D eigenvalue weighted by atomic mass is 79.9. The summed E-state index contributed by atoms with van der Waals surface area (Å²) in [5, 5.41) is 0. The van der Waals surface area contributed by atoms with Crippen molar-refractivity contribution in [3.05, 3.63) is 69.4 Å². The van der Waals surface area contributed by atoms with Crippen molar-refractivity contribution < 1.29 is 9.18 Å². The molecule has 0 aromatic heterocycles. The predicted molar refractivity (Wildman–Crippen MR) is 83.6 cm³/mol. The molecule has 0 fully saturated rings. The van der Waals surface area contributed by atoms with Gasteiger partial charge in [-0.15, -0.1) is 0 Å². The Bertz CT molecular complexity index is 686. The number of hydrogen-bond acceptors (Lipinski definition) is 1. The van der Waals surface area contributed by atoms with Crippen LogP contribution in [0.1, 0.15) is 27.9 Å². The van der Waals surface area contributed by atoms with Crippen LogP contribution >= 0.6 is 15.9 Å². The zero-order chi connectivity index (χ0) is 14.8. The van der Waals surface area contributed by atoms with Gasteiger partial charge in [-0.1, -0.05) is 24.3 Å². The van der Waals surface area contributed by atoms with Crippen molar-refractivity contribution in [3.63, 3.8) is 0 Å². The van der Waals surface area contributed by atoms with E-state index >= 15 is 0 Å². The van der Waals surface area contributed by atoms with E-state index in [1.54, 1.807) is 12.1 Å². The van der Waals surface area contributed by atoms with Gasteiger partial charge in [-0.05, 0) is 58.1 Å². The molecular formula is C17H15BrFNO. The van der Waals surface area contributed by atoms with Gasteiger partial charge in [0.2, 0.25) is 0 Å². The average molecular weight is 348 g/mol. The minimum Gasteiger partial charge on any atom is -0.334 e. The molecule has 4 heteroatoms. The van der Waals surface area contributed by atoms with Gasteiger partial charge < -0.3 is 4.90 Å². The van der Waals surface area contributed by atoms with Crippen molar-refractivity contribution in [2.45, 2.75) is 19.4 Å². The summed E-state index contributed by atoms with van der Waals surface area (Å²) in [5.41, 5.74) is 3.03. The van der Waals surface area contributed by atoms with Gasteiger partial charge in [0.1, 0.15) is 5.82 Å². The van der Waals surface area contributed by atoms with Crippen LogP contribution in [0.4, 0.5) is 4.39 Å². The molecule has 0 bridgehead atoms. The Hall–Kier alpha value is -1.68. The zero-order valence-electron chi connectivity index (χ0n) is 11.5. The van der Waals surface area contributed by atoms with Crippen molar-refractivity contribution in [2.24, 2.45) is 0 Å². The quantitative estimate of drug-likeness (QED) is 0.757. The maximum absolute atomic E-state index is 13.3. The van der Waals surface area contributed by atoms with Crippen LogP contribution in [0.15, 0.2) is 46.9 Å². The van der Waals surface area contributed by atoms with E-state index < -0.39 is 0 Å². The molecule has 0 atom stereocenters. The minimum absolute atomic E-state index is 0.0487. The Morgan fingerprint density at radius 2 is 1.90 bits per heavy atom. The summed E-state index contributed by atoms with van der Waals surface area (Å²) in [6.45, 7) is 1.34. The van der Waals surface area contributed by atoms with Crippen LogP contribution in [0, 0.1) is 5.82 Å². The summed E-state index contributed by atoms with van der Waals surface area (Å²) in [4.78, 5) is 14.4. The number of halogens is 2. The van der Waals surface area contributed by atoms with Crippen LogP contribution in [0.25, 0.3) is 0 Å². The molecule has 0 spiro atoms. The molecule has 2 aromatic carbocycles. The van der Waals surface area contributed by atoms with E-state index in [2.05, 4.69) is 28.1 Å². The molecule has 1 amide bonds. The number of rotatable bonds is 1. The van der Waals surface area contributed by atoms with Gasteiger partial charge >= 0.3 is 0 Å². The standard InChI is InChI=1S/C17H15BrFNO/c18-15-10-13(7-8-16(15)19)17(21)20-9-3-6-12-4-1-2-5-14(12)11-20/h1-2,4-5,7-8,10H,3,6,9,11H2. The van der Waals surface area contributed by atoms with Gasteiger partial charge in [0.15, 0.2) is 0 Å². The summed E-state index contributed by atoms with van der Waals surface area (Å²) in [5.74, 6) is -0.403. The number of carbonyl (C=O) groups is 1. The van der Waals surface area contributed by atoms with Gasteiger partial charge in [-0.2, -0.15) is 0 Å². The SMILES string of the molecule is O=C(c1ccc(F)c(Br)c1)N1CCCc2ccccc2C1. The Labute approximate surface area is 131 Å². The molecule has 21 heavy (non-hydrogen) atoms. The lowest BCUT2D eigenvalue weighted by molar-refractivity contribution is 0.0746. The maximum Gasteiger partial charge on any atom is 0.254 e. The molecule has 0 N–H and O–H groups in total. The maximum atomic E-state index is 13.3. The third-order valence-electron chi connectivity index (χ3n) is 3.81. The van der Waals surface area contributed by atoms with E-state index in [1.807, 2.05) is 17.0 Å². The van der Waals surface area contributed by atoms with E-state index in [1.165, 1.54) is 17.2 Å². The molecule has 0 saturated carbocycles. The molecule has 3 rings (SSSR count). The van der Waals surface area contributed by atoms with Gasteiger partial charge in [-0.3, -0.25) is 4.79 Å². The molecule has 0 saturated heterocycles. The van der Waals surface area contributed by atoms with Gasteiger partial charge in [0.05, 0.1) is 4.47 Å². The molecule has 0 aliphatic carbocycles. The van der Waals surface area contributed by atoms with E-state index in [0.29, 0.717) is 16.6 Å². The van der Waals surface area contributed by atoms with Crippen molar-refractivity contribution >= 4 is 21.8 Å². The summed E-state index contributed by atoms with van der Waals surface area (Å²) >= 11 is 3.13. The molecule has 1 heterocycles. The first-order valence-corrected chi connectivity index (χ1v) is 7.75. The molecule has 108 valence electrons. The highest BCUT2D eigenvalue weighted by molar-refractivity contribution is 9.10. The van der Waals surface area contributed by atoms with Crippen molar-refractivity contribution in [1.29, 1.82) is 0 Å². The van der Waals surface area contributed by atoms with E-state index in [0.717, 1.165) is 19.4 Å². The second-order valence-corrected chi connectivity index (χ2v) is 6.08. The lowest BCUT2D eigenvalue weighted by Crippen LogP contribution is -2.30. The Balaban J connectivity index is 1.86. The number of amides is 1. The van der Waals surface area contributed by atoms with Crippen molar-refractivity contribution in [1.82, 2.24) is 4.90 Å². The number of nitrogens with zero attached hydrogens (tertiary/aromatic N) is 1. The molecule has 0 unspecified atom stereocenters. The fourth-order valence-corrected chi connectivity index (χ4v) is 3.06. The van der Waals surface area contributed by atoms with Crippen LogP contribution in [-0.4, -0.2) is 17.4 Å². The topological polar surface area (TPSA) is 20.3 Å². The number of carbonyl (C=O) groups excluding carboxylic acids is 1. The largest absolute Gasteiger partial charge is 0.334 e. The Kier molecular flexibility index (Phi) is 4.06. The number of hydrogen-bond donors (Lipinski definition) is 0. The van der Waals surface area contributed by atoms with Crippen LogP contribution in [0.5, 0.6) is 0 Å². The lowest BCUT2D eigenvalue weighted by atomic mass is 10.0. The first-order valence-electron chi connectivity index (χ1n) is 6.96. The Morgan fingerprint density at radius 1 is 1.14 bits per heavy atom. The molecule has 0 radical (unpaired) electrons. The average Bonchev–Trinajstić information content (AvgIpc) is 2.71. The fourth-order valence-electron chi connectivity index (χ4n) is 2.69. The third-order valence-corrected chi connectivity index (χ3v) is 4.42. The van der Waals surface area contributed by atoms with Crippen LogP contribution < -0.4 is 0 Å². The highest BCUT2D eigenvalue weighted by Crippen LogP contribution is 2.22. The molecular weight excluding hydrogens is 333 g/mol. The number of aryl methyl sites for hydroxylation is 1. The Morgan fingerprint density at radius 3 is 2.67 bits per heavy atom. The van der Waals surface area contributed by atoms with Gasteiger partial charge in [0, 0.05) is 18.7 Å². The van der Waals surface area contributed by atoms with Crippen LogP contribution in [0.2, 0.25) is 0 Å². The second-order valence-electron chi connectivity index (χ2n) is 5.23. The van der Waals surface area contributed by atoms with Gasteiger partial charge in [0.25, 0.3) is 5.91 Å². The molecule has 2 nitrogen and oxygen atoms in total. The number of fused-ring (bicyclic) bond motifs is 1. The van der Waals surface area contributed by atoms with Gasteiger partial charge in [-0.25, -0.2) is 4.39 Å². The summed E-state index contributed by atoms with van der Waals surface area (Å²) < 4.78 is 13.6. The predicted octanol–water partition coefficient (Wildman–Crippen LogP) is 4.18. The van der Waals surface area contributed by atoms with Crippen molar-refractivity contribution in [2.75, 3.05) is 6.54 Å². The first-order chi connectivity index (χ1) is 10.1. The molecule has 1 aliphatic rings. The summed E-state index contributed by atoms with van der Waals surface area (Å²) in [7, 11) is 0. The smallest absolute Gasteiger partial charge is 0.254 e. The normalized spacial score (nSPS) is 14.5. The number of benzene rings is 2. The zero-order valence-corrected chi connectivity index (χ0v) is 13.1. The van der Waals surface area contributed by atoms with E-state index in [9.17, 15) is 9.18 Å². The fraction of sp³-hybridized carbons (Fsp3) is 0.235. The third kappa shape index (κ3) is 3.00. The van der Waals surface area contributed by atoms with Crippen molar-refractivity contribution in [3.8, 4) is 0 Å².